The fourth-order valence-electron chi connectivity index (χ4n) is 3.69. The van der Waals surface area contributed by atoms with Gasteiger partial charge in [0, 0.05) is 41.5 Å². The molecule has 1 fully saturated rings. The van der Waals surface area contributed by atoms with Gasteiger partial charge in [-0.1, -0.05) is 6.08 Å². The van der Waals surface area contributed by atoms with Gasteiger partial charge >= 0.3 is 0 Å². The quantitative estimate of drug-likeness (QED) is 0.624. The Balaban J connectivity index is 1.76. The first kappa shape index (κ1) is 16.2. The van der Waals surface area contributed by atoms with Crippen molar-refractivity contribution in [2.24, 2.45) is 0 Å². The summed E-state index contributed by atoms with van der Waals surface area (Å²) < 4.78 is 14.4. The van der Waals surface area contributed by atoms with Crippen molar-refractivity contribution in [3.63, 3.8) is 0 Å². The number of rotatable bonds is 3. The molecule has 1 aromatic rings. The van der Waals surface area contributed by atoms with Crippen LogP contribution in [0.1, 0.15) is 25.3 Å². The number of hydrogen-bond acceptors (Lipinski definition) is 4. The zero-order valence-electron chi connectivity index (χ0n) is 14.5. The highest BCUT2D eigenvalue weighted by molar-refractivity contribution is 5.75. The maximum atomic E-state index is 14.4. The van der Waals surface area contributed by atoms with Crippen LogP contribution in [-0.2, 0) is 0 Å². The Morgan fingerprint density at radius 1 is 1.16 bits per heavy atom. The van der Waals surface area contributed by atoms with E-state index in [0.29, 0.717) is 11.6 Å². The van der Waals surface area contributed by atoms with Gasteiger partial charge < -0.3 is 21.3 Å². The Labute approximate surface area is 147 Å². The van der Waals surface area contributed by atoms with Crippen molar-refractivity contribution in [2.75, 3.05) is 25.0 Å². The number of halogens is 1. The van der Waals surface area contributed by atoms with Gasteiger partial charge in [0.1, 0.15) is 0 Å². The van der Waals surface area contributed by atoms with Crippen molar-refractivity contribution < 1.29 is 4.39 Å². The molecule has 3 aliphatic rings. The molecule has 0 aliphatic carbocycles. The highest BCUT2D eigenvalue weighted by atomic mass is 19.1. The first-order valence-corrected chi connectivity index (χ1v) is 9.05. The Bertz CT molecular complexity index is 834. The predicted octanol–water partition coefficient (Wildman–Crippen LogP) is 1.16. The average molecular weight is 340 g/mol. The molecule has 1 saturated heterocycles. The van der Waals surface area contributed by atoms with Gasteiger partial charge in [-0.15, -0.1) is 0 Å². The van der Waals surface area contributed by atoms with Crippen molar-refractivity contribution in [2.45, 2.75) is 32.1 Å². The van der Waals surface area contributed by atoms with Crippen LogP contribution in [0.2, 0.25) is 0 Å². The minimum absolute atomic E-state index is 0.456. The second kappa shape index (κ2) is 6.92. The molecule has 1 unspecified atom stereocenters. The van der Waals surface area contributed by atoms with E-state index in [1.54, 1.807) is 6.20 Å². The van der Waals surface area contributed by atoms with E-state index in [4.69, 9.17) is 0 Å². The number of fused-ring (bicyclic) bond motifs is 1. The Morgan fingerprint density at radius 2 is 2.00 bits per heavy atom. The molecule has 3 aliphatic heterocycles. The number of alkyl halides is 1. The topological polar surface area (TPSA) is 48.1 Å². The standard InChI is InChI=1S/C20H25FN4/c1-13-8-17(20(21)24-11-13)15-9-14-2-5-23-12-18(14)19(10-15)25-16-3-6-22-7-4-16/h2,8-12,16,20,22-25H,3-7H2,1H3. The molecule has 1 atom stereocenters. The van der Waals surface area contributed by atoms with Gasteiger partial charge in [-0.3, -0.25) is 0 Å². The van der Waals surface area contributed by atoms with E-state index in [1.165, 1.54) is 5.22 Å². The first-order valence-electron chi connectivity index (χ1n) is 9.05. The second-order valence-corrected chi connectivity index (χ2v) is 6.97. The zero-order chi connectivity index (χ0) is 17.2. The summed E-state index contributed by atoms with van der Waals surface area (Å²) in [6, 6.07) is 4.65. The van der Waals surface area contributed by atoms with Crippen LogP contribution in [0, 0.1) is 0 Å². The van der Waals surface area contributed by atoms with E-state index >= 15 is 0 Å². The van der Waals surface area contributed by atoms with Crippen LogP contribution in [0.4, 0.5) is 10.1 Å². The molecule has 0 bridgehead atoms. The van der Waals surface area contributed by atoms with Gasteiger partial charge in [-0.25, -0.2) is 4.39 Å². The second-order valence-electron chi connectivity index (χ2n) is 6.97. The number of anilines is 1. The maximum Gasteiger partial charge on any atom is 0.196 e. The normalized spacial score (nSPS) is 23.0. The van der Waals surface area contributed by atoms with Crippen LogP contribution in [0.25, 0.3) is 17.8 Å². The van der Waals surface area contributed by atoms with Crippen molar-refractivity contribution >= 4 is 23.5 Å². The van der Waals surface area contributed by atoms with E-state index in [9.17, 15) is 4.39 Å². The molecule has 3 heterocycles. The summed E-state index contributed by atoms with van der Waals surface area (Å²) in [6.45, 7) is 4.87. The van der Waals surface area contributed by atoms with E-state index in [2.05, 4.69) is 45.7 Å². The largest absolute Gasteiger partial charge is 0.387 e. The predicted molar refractivity (Wildman–Crippen MR) is 102 cm³/mol. The number of piperidine rings is 1. The summed E-state index contributed by atoms with van der Waals surface area (Å²) >= 11 is 0. The van der Waals surface area contributed by atoms with Gasteiger partial charge in [0.25, 0.3) is 0 Å². The van der Waals surface area contributed by atoms with Crippen LogP contribution in [0.5, 0.6) is 0 Å². The molecule has 4 N–H and O–H groups in total. The molecule has 0 radical (unpaired) electrons. The minimum atomic E-state index is -1.17. The smallest absolute Gasteiger partial charge is 0.196 e. The highest BCUT2D eigenvalue weighted by Crippen LogP contribution is 2.25. The molecule has 0 saturated carbocycles. The summed E-state index contributed by atoms with van der Waals surface area (Å²) in [5, 5.41) is 15.5. The Kier molecular flexibility index (Phi) is 4.49. The number of benzene rings is 1. The van der Waals surface area contributed by atoms with Crippen molar-refractivity contribution in [1.29, 1.82) is 0 Å². The number of hydrogen-bond donors (Lipinski definition) is 4. The molecular weight excluding hydrogens is 315 g/mol. The molecule has 4 nitrogen and oxygen atoms in total. The number of allylic oxidation sites excluding steroid dienone is 2. The Morgan fingerprint density at radius 3 is 2.84 bits per heavy atom. The molecule has 0 amide bonds. The summed E-state index contributed by atoms with van der Waals surface area (Å²) in [4.78, 5) is 0. The van der Waals surface area contributed by atoms with Gasteiger partial charge in [0.2, 0.25) is 0 Å². The van der Waals surface area contributed by atoms with Gasteiger partial charge in [0.05, 0.1) is 0 Å². The summed E-state index contributed by atoms with van der Waals surface area (Å²) in [5.41, 5.74) is 3.76. The lowest BCUT2D eigenvalue weighted by Gasteiger charge is -2.26. The third kappa shape index (κ3) is 3.42. The zero-order valence-corrected chi connectivity index (χ0v) is 14.5. The van der Waals surface area contributed by atoms with Crippen molar-refractivity contribution in [1.82, 2.24) is 16.0 Å². The van der Waals surface area contributed by atoms with Crippen LogP contribution in [-0.4, -0.2) is 32.0 Å². The number of dihydropyridines is 1. The minimum Gasteiger partial charge on any atom is -0.387 e. The van der Waals surface area contributed by atoms with E-state index < -0.39 is 6.30 Å². The van der Waals surface area contributed by atoms with E-state index in [0.717, 1.165) is 54.5 Å². The maximum absolute atomic E-state index is 14.4. The van der Waals surface area contributed by atoms with Gasteiger partial charge in [-0.2, -0.15) is 0 Å². The third-order valence-corrected chi connectivity index (χ3v) is 5.04. The van der Waals surface area contributed by atoms with Gasteiger partial charge in [0.15, 0.2) is 6.30 Å². The fraction of sp³-hybridized carbons (Fsp3) is 0.400. The lowest BCUT2D eigenvalue weighted by molar-refractivity contribution is 0.375. The number of nitrogens with one attached hydrogen (secondary N) is 4. The van der Waals surface area contributed by atoms with E-state index in [1.807, 2.05) is 13.0 Å². The lowest BCUT2D eigenvalue weighted by atomic mass is 9.97. The third-order valence-electron chi connectivity index (χ3n) is 5.04. The first-order chi connectivity index (χ1) is 12.2. The van der Waals surface area contributed by atoms with E-state index in [-0.39, 0.29) is 0 Å². The van der Waals surface area contributed by atoms with Crippen LogP contribution < -0.4 is 31.7 Å². The van der Waals surface area contributed by atoms with Crippen LogP contribution in [0.15, 0.2) is 30.0 Å². The summed E-state index contributed by atoms with van der Waals surface area (Å²) in [5.74, 6) is 0. The molecule has 25 heavy (non-hydrogen) atoms. The van der Waals surface area contributed by atoms with Crippen LogP contribution in [0.3, 0.4) is 0 Å². The SMILES string of the molecule is CC1=CNC(F)C(c2cc(NC3CCNCC3)c3c(c2)=CCNC=3)=C1. The monoisotopic (exact) mass is 340 g/mol. The molecule has 5 heteroatoms. The lowest BCUT2D eigenvalue weighted by Crippen LogP contribution is -2.40. The highest BCUT2D eigenvalue weighted by Gasteiger charge is 2.19. The molecular formula is C20H25FN4. The molecule has 4 rings (SSSR count). The molecule has 132 valence electrons. The summed E-state index contributed by atoms with van der Waals surface area (Å²) in [6.07, 6.45) is 8.93. The molecule has 0 aromatic heterocycles. The van der Waals surface area contributed by atoms with Crippen molar-refractivity contribution in [3.05, 3.63) is 46.0 Å². The fourth-order valence-corrected chi connectivity index (χ4v) is 3.69. The molecule has 0 spiro atoms. The van der Waals surface area contributed by atoms with Crippen LogP contribution >= 0.6 is 0 Å². The van der Waals surface area contributed by atoms with Gasteiger partial charge in [-0.05, 0) is 67.4 Å². The average Bonchev–Trinajstić information content (AvgIpc) is 2.64. The Hall–Kier alpha value is -2.27. The van der Waals surface area contributed by atoms with Crippen molar-refractivity contribution in [3.8, 4) is 0 Å². The molecule has 1 aromatic carbocycles. The summed E-state index contributed by atoms with van der Waals surface area (Å²) in [7, 11) is 0.